The number of nitrogens with zero attached hydrogens (tertiary/aromatic N) is 1. The fraction of sp³-hybridized carbons (Fsp3) is 0.500. The maximum Gasteiger partial charge on any atom is 0.262 e. The van der Waals surface area contributed by atoms with E-state index >= 15 is 0 Å². The van der Waals surface area contributed by atoms with Crippen LogP contribution in [0.3, 0.4) is 0 Å². The number of allylic oxidation sites excluding steroid dienone is 2. The van der Waals surface area contributed by atoms with E-state index in [0.29, 0.717) is 34.3 Å². The van der Waals surface area contributed by atoms with E-state index in [4.69, 9.17) is 17.0 Å². The Morgan fingerprint density at radius 3 is 2.93 bits per heavy atom. The highest BCUT2D eigenvalue weighted by atomic mass is 32.1. The largest absolute Gasteiger partial charge is 0.376 e. The molecule has 2 aromatic rings. The van der Waals surface area contributed by atoms with Crippen LogP contribution >= 0.6 is 12.2 Å². The minimum atomic E-state index is -0.178. The van der Waals surface area contributed by atoms with Gasteiger partial charge in [-0.15, -0.1) is 0 Å². The van der Waals surface area contributed by atoms with Gasteiger partial charge >= 0.3 is 0 Å². The quantitative estimate of drug-likeness (QED) is 0.503. The van der Waals surface area contributed by atoms with E-state index in [1.165, 1.54) is 5.57 Å². The first-order valence-corrected chi connectivity index (χ1v) is 10.7. The highest BCUT2D eigenvalue weighted by Gasteiger charge is 2.17. The second-order valence-corrected chi connectivity index (χ2v) is 7.83. The lowest BCUT2D eigenvalue weighted by molar-refractivity contribution is 0.0858. The number of carbonyl (C=O) groups is 1. The molecule has 0 radical (unpaired) electrons. The summed E-state index contributed by atoms with van der Waals surface area (Å²) >= 11 is 5.42. The number of aromatic amines is 1. The van der Waals surface area contributed by atoms with E-state index in [1.807, 2.05) is 6.92 Å². The van der Waals surface area contributed by atoms with Crippen molar-refractivity contribution in [1.29, 1.82) is 0 Å². The number of hydrogen-bond acceptors (Lipinski definition) is 4. The molecule has 1 saturated heterocycles. The van der Waals surface area contributed by atoms with Crippen LogP contribution in [0.15, 0.2) is 34.6 Å². The van der Waals surface area contributed by atoms with Crippen molar-refractivity contribution in [3.8, 4) is 0 Å². The molecular formula is C22H29N3O3S. The van der Waals surface area contributed by atoms with Crippen LogP contribution in [0.2, 0.25) is 0 Å². The molecule has 1 aliphatic rings. The average molecular weight is 416 g/mol. The van der Waals surface area contributed by atoms with Crippen LogP contribution in [0.5, 0.6) is 0 Å². The van der Waals surface area contributed by atoms with Crippen molar-refractivity contribution in [2.45, 2.75) is 58.6 Å². The van der Waals surface area contributed by atoms with Crippen LogP contribution < -0.4 is 10.9 Å². The molecule has 1 atom stereocenters. The zero-order valence-corrected chi connectivity index (χ0v) is 17.9. The summed E-state index contributed by atoms with van der Waals surface area (Å²) < 4.78 is 7.52. The molecule has 3 rings (SSSR count). The van der Waals surface area contributed by atoms with Crippen molar-refractivity contribution in [3.63, 3.8) is 0 Å². The van der Waals surface area contributed by atoms with Gasteiger partial charge in [0.1, 0.15) is 0 Å². The second kappa shape index (κ2) is 9.98. The molecule has 7 heteroatoms. The van der Waals surface area contributed by atoms with Crippen molar-refractivity contribution < 1.29 is 9.53 Å². The predicted octanol–water partition coefficient (Wildman–Crippen LogP) is 4.10. The molecule has 1 aromatic carbocycles. The summed E-state index contributed by atoms with van der Waals surface area (Å²) in [5.41, 5.74) is 2.28. The molecule has 1 amide bonds. The van der Waals surface area contributed by atoms with Gasteiger partial charge in [0.2, 0.25) is 0 Å². The Hall–Kier alpha value is -2.25. The molecule has 1 aliphatic heterocycles. The fourth-order valence-corrected chi connectivity index (χ4v) is 3.99. The molecule has 1 fully saturated rings. The SMILES string of the molecule is C/C=C(\CCC)CCn1c(=S)[nH]c2cc(C(=O)NCC3CCCO3)ccc2c1=O. The molecule has 1 unspecified atom stereocenters. The van der Waals surface area contributed by atoms with Crippen LogP contribution in [0, 0.1) is 4.77 Å². The van der Waals surface area contributed by atoms with E-state index in [9.17, 15) is 9.59 Å². The Kier molecular flexibility index (Phi) is 7.39. The minimum Gasteiger partial charge on any atom is -0.376 e. The van der Waals surface area contributed by atoms with Gasteiger partial charge in [0.25, 0.3) is 11.5 Å². The molecule has 29 heavy (non-hydrogen) atoms. The maximum atomic E-state index is 12.9. The van der Waals surface area contributed by atoms with Crippen molar-refractivity contribution in [3.05, 3.63) is 50.5 Å². The normalized spacial score (nSPS) is 17.0. The number of hydrogen-bond donors (Lipinski definition) is 2. The lowest BCUT2D eigenvalue weighted by Crippen LogP contribution is -2.31. The van der Waals surface area contributed by atoms with Crippen LogP contribution in [0.25, 0.3) is 10.9 Å². The molecule has 2 heterocycles. The van der Waals surface area contributed by atoms with Crippen molar-refractivity contribution in [1.82, 2.24) is 14.9 Å². The molecule has 0 bridgehead atoms. The smallest absolute Gasteiger partial charge is 0.262 e. The van der Waals surface area contributed by atoms with Crippen molar-refractivity contribution in [2.24, 2.45) is 0 Å². The summed E-state index contributed by atoms with van der Waals surface area (Å²) in [5.74, 6) is -0.178. The Bertz CT molecular complexity index is 1020. The predicted molar refractivity (Wildman–Crippen MR) is 118 cm³/mol. The number of fused-ring (bicyclic) bond motifs is 1. The van der Waals surface area contributed by atoms with Gasteiger partial charge in [-0.1, -0.05) is 25.0 Å². The van der Waals surface area contributed by atoms with Crippen LogP contribution in [-0.4, -0.2) is 34.7 Å². The number of amides is 1. The number of benzene rings is 1. The topological polar surface area (TPSA) is 76.1 Å². The van der Waals surface area contributed by atoms with Gasteiger partial charge in [-0.2, -0.15) is 0 Å². The van der Waals surface area contributed by atoms with Crippen LogP contribution in [0.4, 0.5) is 0 Å². The number of nitrogens with one attached hydrogen (secondary N) is 2. The third-order valence-corrected chi connectivity index (χ3v) is 5.72. The number of H-pyrrole nitrogens is 1. The Balaban J connectivity index is 1.78. The zero-order chi connectivity index (χ0) is 20.8. The summed E-state index contributed by atoms with van der Waals surface area (Å²) in [6, 6.07) is 5.07. The monoisotopic (exact) mass is 415 g/mol. The summed E-state index contributed by atoms with van der Waals surface area (Å²) in [5, 5.41) is 3.44. The molecule has 1 aromatic heterocycles. The Morgan fingerprint density at radius 1 is 1.41 bits per heavy atom. The van der Waals surface area contributed by atoms with Gasteiger partial charge in [-0.25, -0.2) is 0 Å². The van der Waals surface area contributed by atoms with Gasteiger partial charge in [-0.05, 0) is 63.0 Å². The van der Waals surface area contributed by atoms with Crippen LogP contribution in [-0.2, 0) is 11.3 Å². The first kappa shape index (κ1) is 21.5. The molecule has 6 nitrogen and oxygen atoms in total. The highest BCUT2D eigenvalue weighted by molar-refractivity contribution is 7.71. The molecule has 0 spiro atoms. The third-order valence-electron chi connectivity index (χ3n) is 5.39. The zero-order valence-electron chi connectivity index (χ0n) is 17.1. The van der Waals surface area contributed by atoms with Gasteiger partial charge in [0, 0.05) is 25.3 Å². The van der Waals surface area contributed by atoms with E-state index in [1.54, 1.807) is 22.8 Å². The second-order valence-electron chi connectivity index (χ2n) is 7.44. The Morgan fingerprint density at radius 2 is 2.24 bits per heavy atom. The molecular weight excluding hydrogens is 386 g/mol. The number of carbonyl (C=O) groups excluding carboxylic acids is 1. The number of ether oxygens (including phenoxy) is 1. The van der Waals surface area contributed by atoms with E-state index < -0.39 is 0 Å². The molecule has 2 N–H and O–H groups in total. The van der Waals surface area contributed by atoms with Crippen molar-refractivity contribution >= 4 is 29.0 Å². The lowest BCUT2D eigenvalue weighted by atomic mass is 10.1. The van der Waals surface area contributed by atoms with Gasteiger partial charge < -0.3 is 15.0 Å². The minimum absolute atomic E-state index is 0.0900. The summed E-state index contributed by atoms with van der Waals surface area (Å²) in [7, 11) is 0. The summed E-state index contributed by atoms with van der Waals surface area (Å²) in [6.07, 6.45) is 7.12. The average Bonchev–Trinajstić information content (AvgIpc) is 3.24. The molecule has 0 aliphatic carbocycles. The number of rotatable bonds is 8. The maximum absolute atomic E-state index is 12.9. The highest BCUT2D eigenvalue weighted by Crippen LogP contribution is 2.14. The summed E-state index contributed by atoms with van der Waals surface area (Å²) in [6.45, 7) is 5.98. The lowest BCUT2D eigenvalue weighted by Gasteiger charge is -2.12. The first-order chi connectivity index (χ1) is 14.0. The van der Waals surface area contributed by atoms with E-state index in [0.717, 1.165) is 38.7 Å². The van der Waals surface area contributed by atoms with Gasteiger partial charge in [0.15, 0.2) is 4.77 Å². The third kappa shape index (κ3) is 5.22. The molecule has 0 saturated carbocycles. The first-order valence-electron chi connectivity index (χ1n) is 10.3. The van der Waals surface area contributed by atoms with Crippen LogP contribution in [0.1, 0.15) is 56.3 Å². The standard InChI is InChI=1S/C22H29N3O3S/c1-3-6-15(4-2)10-11-25-21(27)18-9-8-16(13-19(18)24-22(25)29)20(26)23-14-17-7-5-12-28-17/h4,8-9,13,17H,3,5-7,10-12,14H2,1-2H3,(H,23,26)(H,24,29)/b15-4+. The van der Waals surface area contributed by atoms with Gasteiger partial charge in [0.05, 0.1) is 17.0 Å². The van der Waals surface area contributed by atoms with E-state index in [2.05, 4.69) is 23.3 Å². The Labute approximate surface area is 176 Å². The van der Waals surface area contributed by atoms with Gasteiger partial charge in [-0.3, -0.25) is 14.2 Å². The van der Waals surface area contributed by atoms with Crippen molar-refractivity contribution in [2.75, 3.05) is 13.2 Å². The number of aromatic nitrogens is 2. The summed E-state index contributed by atoms with van der Waals surface area (Å²) in [4.78, 5) is 28.5. The van der Waals surface area contributed by atoms with E-state index in [-0.39, 0.29) is 17.6 Å². The fourth-order valence-electron chi connectivity index (χ4n) is 3.70. The molecule has 156 valence electrons.